The summed E-state index contributed by atoms with van der Waals surface area (Å²) in [6, 6.07) is 12.0. The summed E-state index contributed by atoms with van der Waals surface area (Å²) >= 11 is 5.86. The zero-order chi connectivity index (χ0) is 16.8. The molecular formula is C17H19ClN2O3. The third-order valence-electron chi connectivity index (χ3n) is 3.33. The molecule has 0 bridgehead atoms. The molecule has 5 nitrogen and oxygen atoms in total. The number of anilines is 1. The molecule has 2 amide bonds. The molecule has 0 spiro atoms. The molecule has 2 aromatic carbocycles. The van der Waals surface area contributed by atoms with Gasteiger partial charge >= 0.3 is 6.03 Å². The Morgan fingerprint density at radius 1 is 1.04 bits per heavy atom. The van der Waals surface area contributed by atoms with Crippen molar-refractivity contribution in [2.75, 3.05) is 19.5 Å². The van der Waals surface area contributed by atoms with Crippen molar-refractivity contribution in [2.45, 2.75) is 13.0 Å². The second-order valence-electron chi connectivity index (χ2n) is 4.97. The Morgan fingerprint density at radius 3 is 2.13 bits per heavy atom. The lowest BCUT2D eigenvalue weighted by atomic mass is 10.1. The fraction of sp³-hybridized carbons (Fsp3) is 0.235. The van der Waals surface area contributed by atoms with Crippen molar-refractivity contribution < 1.29 is 14.3 Å². The van der Waals surface area contributed by atoms with Crippen LogP contribution in [0.1, 0.15) is 18.5 Å². The van der Waals surface area contributed by atoms with Crippen molar-refractivity contribution in [1.29, 1.82) is 0 Å². The van der Waals surface area contributed by atoms with Gasteiger partial charge in [-0.15, -0.1) is 0 Å². The molecule has 0 unspecified atom stereocenters. The van der Waals surface area contributed by atoms with Crippen LogP contribution < -0.4 is 20.1 Å². The molecule has 0 aliphatic heterocycles. The average Bonchev–Trinajstić information content (AvgIpc) is 2.54. The topological polar surface area (TPSA) is 59.6 Å². The van der Waals surface area contributed by atoms with Crippen LogP contribution in [0.3, 0.4) is 0 Å². The van der Waals surface area contributed by atoms with E-state index in [4.69, 9.17) is 21.1 Å². The van der Waals surface area contributed by atoms with E-state index < -0.39 is 0 Å². The molecule has 0 radical (unpaired) electrons. The zero-order valence-corrected chi connectivity index (χ0v) is 14.0. The van der Waals surface area contributed by atoms with Gasteiger partial charge in [0.2, 0.25) is 0 Å². The van der Waals surface area contributed by atoms with Crippen LogP contribution in [0.2, 0.25) is 5.02 Å². The molecule has 2 aromatic rings. The van der Waals surface area contributed by atoms with Gasteiger partial charge in [0, 0.05) is 28.9 Å². The van der Waals surface area contributed by atoms with Gasteiger partial charge in [-0.2, -0.15) is 0 Å². The van der Waals surface area contributed by atoms with Crippen molar-refractivity contribution >= 4 is 23.3 Å². The molecular weight excluding hydrogens is 316 g/mol. The van der Waals surface area contributed by atoms with Gasteiger partial charge in [0.1, 0.15) is 11.5 Å². The minimum Gasteiger partial charge on any atom is -0.497 e. The van der Waals surface area contributed by atoms with E-state index in [1.807, 2.05) is 19.1 Å². The first kappa shape index (κ1) is 17.0. The van der Waals surface area contributed by atoms with Gasteiger partial charge in [-0.3, -0.25) is 0 Å². The van der Waals surface area contributed by atoms with Crippen molar-refractivity contribution in [2.24, 2.45) is 0 Å². The second-order valence-corrected chi connectivity index (χ2v) is 5.41. The Kier molecular flexibility index (Phi) is 5.71. The molecule has 0 aliphatic rings. The van der Waals surface area contributed by atoms with E-state index in [2.05, 4.69) is 10.6 Å². The van der Waals surface area contributed by atoms with Gasteiger partial charge in [-0.1, -0.05) is 23.7 Å². The van der Waals surface area contributed by atoms with Gasteiger partial charge < -0.3 is 20.1 Å². The maximum atomic E-state index is 12.1. The molecule has 0 fully saturated rings. The first-order chi connectivity index (χ1) is 11.0. The number of halogens is 1. The number of ether oxygens (including phenoxy) is 2. The highest BCUT2D eigenvalue weighted by Crippen LogP contribution is 2.25. The number of nitrogens with one attached hydrogen (secondary N) is 2. The van der Waals surface area contributed by atoms with E-state index in [0.717, 1.165) is 5.56 Å². The Morgan fingerprint density at radius 2 is 1.61 bits per heavy atom. The lowest BCUT2D eigenvalue weighted by molar-refractivity contribution is 0.249. The summed E-state index contributed by atoms with van der Waals surface area (Å²) in [6.07, 6.45) is 0. The number of benzene rings is 2. The Hall–Kier alpha value is -2.40. The van der Waals surface area contributed by atoms with E-state index in [0.29, 0.717) is 22.2 Å². The first-order valence-electron chi connectivity index (χ1n) is 7.08. The van der Waals surface area contributed by atoms with Crippen molar-refractivity contribution in [3.8, 4) is 11.5 Å². The highest BCUT2D eigenvalue weighted by Gasteiger charge is 2.11. The van der Waals surface area contributed by atoms with Crippen LogP contribution in [0.4, 0.5) is 10.5 Å². The number of amides is 2. The Balaban J connectivity index is 2.03. The monoisotopic (exact) mass is 334 g/mol. The maximum absolute atomic E-state index is 12.1. The summed E-state index contributed by atoms with van der Waals surface area (Å²) in [7, 11) is 3.11. The minimum absolute atomic E-state index is 0.153. The molecule has 122 valence electrons. The van der Waals surface area contributed by atoms with Crippen molar-refractivity contribution in [3.05, 3.63) is 53.1 Å². The van der Waals surface area contributed by atoms with E-state index >= 15 is 0 Å². The zero-order valence-electron chi connectivity index (χ0n) is 13.2. The number of hydrogen-bond acceptors (Lipinski definition) is 3. The van der Waals surface area contributed by atoms with Gasteiger partial charge in [-0.25, -0.2) is 4.79 Å². The number of rotatable bonds is 5. The largest absolute Gasteiger partial charge is 0.497 e. The van der Waals surface area contributed by atoms with E-state index in [1.165, 1.54) is 0 Å². The number of carbonyl (C=O) groups is 1. The normalized spacial score (nSPS) is 11.5. The molecule has 0 saturated carbocycles. The Bertz CT molecular complexity index is 652. The molecule has 0 heterocycles. The summed E-state index contributed by atoms with van der Waals surface area (Å²) in [6.45, 7) is 1.90. The number of urea groups is 1. The molecule has 1 atom stereocenters. The number of methoxy groups -OCH3 is 2. The van der Waals surface area contributed by atoms with Gasteiger partial charge in [0.25, 0.3) is 0 Å². The van der Waals surface area contributed by atoms with Gasteiger partial charge in [0.05, 0.1) is 20.3 Å². The molecule has 2 rings (SSSR count). The second kappa shape index (κ2) is 7.74. The van der Waals surface area contributed by atoms with Crippen molar-refractivity contribution in [3.63, 3.8) is 0 Å². The fourth-order valence-corrected chi connectivity index (χ4v) is 2.20. The predicted octanol–water partition coefficient (Wildman–Crippen LogP) is 4.24. The van der Waals surface area contributed by atoms with Gasteiger partial charge in [-0.05, 0) is 24.6 Å². The molecule has 0 saturated heterocycles. The average molecular weight is 335 g/mol. The summed E-state index contributed by atoms with van der Waals surface area (Å²) in [4.78, 5) is 12.1. The van der Waals surface area contributed by atoms with Gasteiger partial charge in [0.15, 0.2) is 0 Å². The molecule has 6 heteroatoms. The lowest BCUT2D eigenvalue weighted by Crippen LogP contribution is -2.31. The number of hydrogen-bond donors (Lipinski definition) is 2. The third-order valence-corrected chi connectivity index (χ3v) is 3.58. The van der Waals surface area contributed by atoms with E-state index in [9.17, 15) is 4.79 Å². The molecule has 23 heavy (non-hydrogen) atoms. The highest BCUT2D eigenvalue weighted by molar-refractivity contribution is 6.30. The summed E-state index contributed by atoms with van der Waals surface area (Å²) in [5.74, 6) is 1.20. The Labute approximate surface area is 140 Å². The van der Waals surface area contributed by atoms with Crippen LogP contribution in [0.5, 0.6) is 11.5 Å². The van der Waals surface area contributed by atoms with E-state index in [1.54, 1.807) is 44.6 Å². The highest BCUT2D eigenvalue weighted by atomic mass is 35.5. The SMILES string of the molecule is COc1cc(NC(=O)N[C@@H](C)c2ccc(Cl)cc2)cc(OC)c1. The predicted molar refractivity (Wildman–Crippen MR) is 91.6 cm³/mol. The molecule has 0 aliphatic carbocycles. The lowest BCUT2D eigenvalue weighted by Gasteiger charge is -2.16. The fourth-order valence-electron chi connectivity index (χ4n) is 2.08. The molecule has 0 aromatic heterocycles. The van der Waals surface area contributed by atoms with Crippen LogP contribution >= 0.6 is 11.6 Å². The van der Waals surface area contributed by atoms with Crippen molar-refractivity contribution in [1.82, 2.24) is 5.32 Å². The summed E-state index contributed by atoms with van der Waals surface area (Å²) < 4.78 is 10.4. The molecule has 2 N–H and O–H groups in total. The quantitative estimate of drug-likeness (QED) is 0.859. The first-order valence-corrected chi connectivity index (χ1v) is 7.45. The standard InChI is InChI=1S/C17H19ClN2O3/c1-11(12-4-6-13(18)7-5-12)19-17(21)20-14-8-15(22-2)10-16(9-14)23-3/h4-11H,1-3H3,(H2,19,20,21)/t11-/m0/s1. The summed E-state index contributed by atoms with van der Waals surface area (Å²) in [5, 5.41) is 6.29. The third kappa shape index (κ3) is 4.79. The van der Waals surface area contributed by atoms with Crippen LogP contribution in [-0.2, 0) is 0 Å². The number of carbonyl (C=O) groups excluding carboxylic acids is 1. The van der Waals surface area contributed by atoms with E-state index in [-0.39, 0.29) is 12.1 Å². The maximum Gasteiger partial charge on any atom is 0.319 e. The smallest absolute Gasteiger partial charge is 0.319 e. The van der Waals surface area contributed by atoms with Crippen LogP contribution in [0.25, 0.3) is 0 Å². The summed E-state index contributed by atoms with van der Waals surface area (Å²) in [5.41, 5.74) is 1.55. The van der Waals surface area contributed by atoms with Crippen LogP contribution in [0.15, 0.2) is 42.5 Å². The van der Waals surface area contributed by atoms with Crippen LogP contribution in [-0.4, -0.2) is 20.3 Å². The van der Waals surface area contributed by atoms with Crippen LogP contribution in [0, 0.1) is 0 Å². The minimum atomic E-state index is -0.317.